The van der Waals surface area contributed by atoms with E-state index in [1.54, 1.807) is 46.4 Å². The monoisotopic (exact) mass is 373 g/mol. The molecule has 2 rings (SSSR count). The summed E-state index contributed by atoms with van der Waals surface area (Å²) in [4.78, 5) is 24.9. The van der Waals surface area contributed by atoms with Crippen molar-refractivity contribution in [3.8, 4) is 11.5 Å². The molecule has 0 heterocycles. The molecule has 1 N–H and O–H groups in total. The van der Waals surface area contributed by atoms with Crippen LogP contribution in [0.1, 0.15) is 12.5 Å². The van der Waals surface area contributed by atoms with Gasteiger partial charge in [-0.25, -0.2) is 0 Å². The maximum atomic E-state index is 12.5. The number of ether oxygens (including phenoxy) is 2. The van der Waals surface area contributed by atoms with Crippen molar-refractivity contribution in [1.82, 2.24) is 4.90 Å². The van der Waals surface area contributed by atoms with E-state index in [2.05, 4.69) is 5.32 Å². The maximum absolute atomic E-state index is 12.5. The second kappa shape index (κ2) is 9.00. The van der Waals surface area contributed by atoms with Crippen LogP contribution < -0.4 is 14.8 Å². The highest BCUT2D eigenvalue weighted by Gasteiger charge is 2.22. The summed E-state index contributed by atoms with van der Waals surface area (Å²) in [5.74, 6) is 1.01. The van der Waals surface area contributed by atoms with Crippen molar-refractivity contribution in [2.45, 2.75) is 19.5 Å². The Bertz CT molecular complexity index is 825. The van der Waals surface area contributed by atoms with Gasteiger partial charge in [-0.05, 0) is 26.1 Å². The molecule has 1 atom stereocenters. The summed E-state index contributed by atoms with van der Waals surface area (Å²) >= 11 is 0. The first-order chi connectivity index (χ1) is 12.9. The first kappa shape index (κ1) is 20.2. The third-order valence-corrected chi connectivity index (χ3v) is 4.31. The number of hydrogen-bond donors (Lipinski definition) is 1. The Morgan fingerprint density at radius 1 is 1.22 bits per heavy atom. The molecule has 2 aromatic rings. The van der Waals surface area contributed by atoms with Gasteiger partial charge in [0.15, 0.2) is 0 Å². The van der Waals surface area contributed by atoms with E-state index in [-0.39, 0.29) is 17.3 Å². The molecule has 8 nitrogen and oxygen atoms in total. The van der Waals surface area contributed by atoms with Crippen LogP contribution >= 0.6 is 0 Å². The molecule has 0 aliphatic heterocycles. The van der Waals surface area contributed by atoms with Crippen LogP contribution in [-0.4, -0.2) is 43.0 Å². The van der Waals surface area contributed by atoms with Crippen molar-refractivity contribution >= 4 is 17.3 Å². The minimum absolute atomic E-state index is 0.141. The number of nitrogens with zero attached hydrogens (tertiary/aromatic N) is 2. The summed E-state index contributed by atoms with van der Waals surface area (Å²) in [6.45, 7) is 2.19. The van der Waals surface area contributed by atoms with E-state index in [0.29, 0.717) is 18.0 Å². The molecule has 0 saturated heterocycles. The molecule has 0 unspecified atom stereocenters. The number of nitrogens with one attached hydrogen (secondary N) is 1. The summed E-state index contributed by atoms with van der Waals surface area (Å²) in [6, 6.07) is 11.0. The van der Waals surface area contributed by atoms with Gasteiger partial charge in [0.2, 0.25) is 5.91 Å². The fourth-order valence-corrected chi connectivity index (χ4v) is 2.56. The number of hydrogen-bond acceptors (Lipinski definition) is 6. The van der Waals surface area contributed by atoms with Gasteiger partial charge in [0.05, 0.1) is 25.2 Å². The van der Waals surface area contributed by atoms with Gasteiger partial charge in [-0.3, -0.25) is 19.8 Å². The van der Waals surface area contributed by atoms with Crippen molar-refractivity contribution in [3.05, 3.63) is 58.1 Å². The number of nitro groups is 1. The van der Waals surface area contributed by atoms with Gasteiger partial charge >= 0.3 is 0 Å². The Morgan fingerprint density at radius 3 is 2.56 bits per heavy atom. The average molecular weight is 373 g/mol. The number of nitro benzene ring substituents is 1. The lowest BCUT2D eigenvalue weighted by atomic mass is 10.1. The van der Waals surface area contributed by atoms with Gasteiger partial charge in [-0.2, -0.15) is 0 Å². The van der Waals surface area contributed by atoms with Crippen molar-refractivity contribution in [2.75, 3.05) is 26.6 Å². The fourth-order valence-electron chi connectivity index (χ4n) is 2.56. The Kier molecular flexibility index (Phi) is 6.73. The van der Waals surface area contributed by atoms with Gasteiger partial charge in [0.1, 0.15) is 17.2 Å². The lowest BCUT2D eigenvalue weighted by molar-refractivity contribution is -0.383. The summed E-state index contributed by atoms with van der Waals surface area (Å²) in [7, 11) is 4.95. The third-order valence-electron chi connectivity index (χ3n) is 4.31. The second-order valence-corrected chi connectivity index (χ2v) is 6.03. The highest BCUT2D eigenvalue weighted by atomic mass is 16.6. The van der Waals surface area contributed by atoms with E-state index < -0.39 is 11.0 Å². The predicted octanol–water partition coefficient (Wildman–Crippen LogP) is 3.07. The molecule has 0 aliphatic rings. The van der Waals surface area contributed by atoms with E-state index in [1.807, 2.05) is 17.0 Å². The molecule has 27 heavy (non-hydrogen) atoms. The number of para-hydroxylation sites is 2. The molecule has 144 valence electrons. The van der Waals surface area contributed by atoms with Crippen LogP contribution in [0.25, 0.3) is 0 Å². The highest BCUT2D eigenvalue weighted by Crippen LogP contribution is 2.27. The molecule has 0 aliphatic carbocycles. The van der Waals surface area contributed by atoms with Gasteiger partial charge in [0, 0.05) is 24.2 Å². The molecular weight excluding hydrogens is 350 g/mol. The molecule has 0 saturated carbocycles. The summed E-state index contributed by atoms with van der Waals surface area (Å²) in [5.41, 5.74) is 0.929. The van der Waals surface area contributed by atoms with E-state index in [9.17, 15) is 14.9 Å². The number of benzene rings is 2. The van der Waals surface area contributed by atoms with E-state index in [4.69, 9.17) is 9.47 Å². The predicted molar refractivity (Wildman–Crippen MR) is 102 cm³/mol. The van der Waals surface area contributed by atoms with Crippen LogP contribution in [0.15, 0.2) is 42.5 Å². The number of anilines is 1. The smallest absolute Gasteiger partial charge is 0.292 e. The van der Waals surface area contributed by atoms with Crippen molar-refractivity contribution < 1.29 is 19.2 Å². The molecule has 8 heteroatoms. The number of rotatable bonds is 8. The third kappa shape index (κ3) is 4.95. The molecule has 0 spiro atoms. The van der Waals surface area contributed by atoms with E-state index in [0.717, 1.165) is 5.56 Å². The fraction of sp³-hybridized carbons (Fsp3) is 0.316. The normalized spacial score (nSPS) is 11.7. The summed E-state index contributed by atoms with van der Waals surface area (Å²) < 4.78 is 10.6. The Balaban J connectivity index is 2.10. The molecule has 1 amide bonds. The van der Waals surface area contributed by atoms with Crippen molar-refractivity contribution in [2.24, 2.45) is 0 Å². The second-order valence-electron chi connectivity index (χ2n) is 6.03. The molecule has 0 fully saturated rings. The molecule has 0 bridgehead atoms. The van der Waals surface area contributed by atoms with Crippen LogP contribution in [0.2, 0.25) is 0 Å². The summed E-state index contributed by atoms with van der Waals surface area (Å²) in [6.07, 6.45) is 0. The topological polar surface area (TPSA) is 93.9 Å². The Labute approximate surface area is 157 Å². The first-order valence-corrected chi connectivity index (χ1v) is 8.32. The lowest BCUT2D eigenvalue weighted by Gasteiger charge is -2.24. The maximum Gasteiger partial charge on any atom is 0.292 e. The highest BCUT2D eigenvalue weighted by molar-refractivity contribution is 5.96. The molecule has 0 aromatic heterocycles. The van der Waals surface area contributed by atoms with Gasteiger partial charge in [-0.15, -0.1) is 0 Å². The standard InChI is InChI=1S/C19H23N3O5/c1-13(19(23)20-16-7-5-6-8-17(16)22(24)25)21(2)12-14-9-10-15(26-3)11-18(14)27-4/h5-11,13H,12H2,1-4H3,(H,20,23)/t13-/m1/s1. The van der Waals surface area contributed by atoms with Crippen LogP contribution in [-0.2, 0) is 11.3 Å². The van der Waals surface area contributed by atoms with Gasteiger partial charge < -0.3 is 14.8 Å². The number of amides is 1. The quantitative estimate of drug-likeness (QED) is 0.564. The van der Waals surface area contributed by atoms with Crippen LogP contribution in [0.4, 0.5) is 11.4 Å². The number of carbonyl (C=O) groups is 1. The molecular formula is C19H23N3O5. The Morgan fingerprint density at radius 2 is 1.93 bits per heavy atom. The zero-order valence-corrected chi connectivity index (χ0v) is 15.8. The zero-order valence-electron chi connectivity index (χ0n) is 15.8. The van der Waals surface area contributed by atoms with Crippen molar-refractivity contribution in [1.29, 1.82) is 0 Å². The number of carbonyl (C=O) groups excluding carboxylic acids is 1. The largest absolute Gasteiger partial charge is 0.497 e. The lowest BCUT2D eigenvalue weighted by Crippen LogP contribution is -2.39. The first-order valence-electron chi connectivity index (χ1n) is 8.32. The SMILES string of the molecule is COc1ccc(CN(C)[C@H](C)C(=O)Nc2ccccc2[N+](=O)[O-])c(OC)c1. The molecule has 0 radical (unpaired) electrons. The van der Waals surface area contributed by atoms with E-state index in [1.165, 1.54) is 12.1 Å². The Hall–Kier alpha value is -3.13. The van der Waals surface area contributed by atoms with Gasteiger partial charge in [-0.1, -0.05) is 18.2 Å². The minimum Gasteiger partial charge on any atom is -0.497 e. The zero-order chi connectivity index (χ0) is 20.0. The van der Waals surface area contributed by atoms with Crippen LogP contribution in [0, 0.1) is 10.1 Å². The summed E-state index contributed by atoms with van der Waals surface area (Å²) in [5, 5.41) is 13.7. The minimum atomic E-state index is -0.522. The molecule has 2 aromatic carbocycles. The number of methoxy groups -OCH3 is 2. The van der Waals surface area contributed by atoms with Crippen LogP contribution in [0.3, 0.4) is 0 Å². The van der Waals surface area contributed by atoms with Crippen molar-refractivity contribution in [3.63, 3.8) is 0 Å². The average Bonchev–Trinajstić information content (AvgIpc) is 2.67. The number of likely N-dealkylation sites (N-methyl/N-ethyl adjacent to an activating group) is 1. The van der Waals surface area contributed by atoms with E-state index >= 15 is 0 Å². The van der Waals surface area contributed by atoms with Gasteiger partial charge in [0.25, 0.3) is 5.69 Å². The van der Waals surface area contributed by atoms with Crippen LogP contribution in [0.5, 0.6) is 11.5 Å².